The van der Waals surface area contributed by atoms with Gasteiger partial charge in [-0.05, 0) is 25.0 Å². The van der Waals surface area contributed by atoms with E-state index >= 15 is 0 Å². The van der Waals surface area contributed by atoms with Crippen molar-refractivity contribution in [3.8, 4) is 22.3 Å². The summed E-state index contributed by atoms with van der Waals surface area (Å²) >= 11 is 12.9. The SMILES string of the molecule is Cc1cccc(-c2c(C(=O)[O-])ccc(C(=O)[O-])c2-c2cccc(C)c2Cl)c1Cl. The van der Waals surface area contributed by atoms with Gasteiger partial charge in [0.15, 0.2) is 0 Å². The average Bonchev–Trinajstić information content (AvgIpc) is 2.65. The second-order valence-corrected chi connectivity index (χ2v) is 7.11. The van der Waals surface area contributed by atoms with Crippen molar-refractivity contribution in [3.05, 3.63) is 80.8 Å². The van der Waals surface area contributed by atoms with Crippen LogP contribution in [-0.4, -0.2) is 11.9 Å². The lowest BCUT2D eigenvalue weighted by atomic mass is 9.86. The Morgan fingerprint density at radius 3 is 1.36 bits per heavy atom. The molecule has 0 atom stereocenters. The van der Waals surface area contributed by atoms with Gasteiger partial charge in [0.1, 0.15) is 0 Å². The predicted molar refractivity (Wildman–Crippen MR) is 105 cm³/mol. The van der Waals surface area contributed by atoms with Gasteiger partial charge < -0.3 is 19.8 Å². The quantitative estimate of drug-likeness (QED) is 0.654. The number of rotatable bonds is 4. The Bertz CT molecular complexity index is 1030. The van der Waals surface area contributed by atoms with E-state index in [1.165, 1.54) is 12.1 Å². The van der Waals surface area contributed by atoms with Crippen LogP contribution in [0, 0.1) is 13.8 Å². The first-order valence-electron chi connectivity index (χ1n) is 8.34. The Labute approximate surface area is 172 Å². The van der Waals surface area contributed by atoms with E-state index in [4.69, 9.17) is 23.2 Å². The number of carbonyl (C=O) groups is 2. The lowest BCUT2D eigenvalue weighted by Gasteiger charge is -2.22. The van der Waals surface area contributed by atoms with Gasteiger partial charge in [0.25, 0.3) is 0 Å². The molecule has 0 saturated heterocycles. The predicted octanol–water partition coefficient (Wildman–Crippen LogP) is 3.67. The number of hydrogen-bond donors (Lipinski definition) is 0. The molecule has 0 heterocycles. The second kappa shape index (κ2) is 7.66. The zero-order valence-electron chi connectivity index (χ0n) is 15.0. The summed E-state index contributed by atoms with van der Waals surface area (Å²) in [7, 11) is 0. The van der Waals surface area contributed by atoms with Gasteiger partial charge in [-0.1, -0.05) is 71.7 Å². The molecule has 0 unspecified atom stereocenters. The molecule has 0 aliphatic carbocycles. The fourth-order valence-electron chi connectivity index (χ4n) is 3.18. The van der Waals surface area contributed by atoms with Crippen LogP contribution in [0.5, 0.6) is 0 Å². The van der Waals surface area contributed by atoms with Crippen LogP contribution in [0.1, 0.15) is 31.8 Å². The summed E-state index contributed by atoms with van der Waals surface area (Å²) in [5.74, 6) is -2.91. The molecule has 6 heteroatoms. The molecule has 0 saturated carbocycles. The number of halogens is 2. The van der Waals surface area contributed by atoms with Crippen molar-refractivity contribution in [2.45, 2.75) is 13.8 Å². The smallest absolute Gasteiger partial charge is 0.0721 e. The topological polar surface area (TPSA) is 80.3 Å². The molecule has 0 bridgehead atoms. The van der Waals surface area contributed by atoms with Crippen LogP contribution in [0.2, 0.25) is 10.0 Å². The number of aromatic carboxylic acids is 2. The molecule has 0 fully saturated rings. The van der Waals surface area contributed by atoms with Crippen molar-refractivity contribution < 1.29 is 19.8 Å². The largest absolute Gasteiger partial charge is 0.545 e. The monoisotopic (exact) mass is 412 g/mol. The molecule has 0 aliphatic heterocycles. The Morgan fingerprint density at radius 2 is 1.04 bits per heavy atom. The number of carbonyl (C=O) groups excluding carboxylic acids is 2. The van der Waals surface area contributed by atoms with Gasteiger partial charge in [-0.3, -0.25) is 0 Å². The van der Waals surface area contributed by atoms with Crippen LogP contribution in [0.4, 0.5) is 0 Å². The fourth-order valence-corrected chi connectivity index (χ4v) is 3.62. The van der Waals surface area contributed by atoms with Crippen molar-refractivity contribution >= 4 is 35.1 Å². The van der Waals surface area contributed by atoms with E-state index in [1.54, 1.807) is 50.2 Å². The summed E-state index contributed by atoms with van der Waals surface area (Å²) < 4.78 is 0. The molecule has 142 valence electrons. The molecule has 3 aromatic rings. The van der Waals surface area contributed by atoms with Crippen LogP contribution < -0.4 is 10.2 Å². The zero-order valence-corrected chi connectivity index (χ0v) is 16.5. The molecule has 28 heavy (non-hydrogen) atoms. The minimum atomic E-state index is -1.46. The normalized spacial score (nSPS) is 10.7. The highest BCUT2D eigenvalue weighted by atomic mass is 35.5. The standard InChI is InChI=1S/C22H16Cl2O4/c1-11-5-3-7-13(19(11)23)17-15(21(25)26)9-10-16(22(27)28)18(17)14-8-4-6-12(2)20(14)24/h3-10H,1-2H3,(H,25,26)(H,27,28)/p-2. The van der Waals surface area contributed by atoms with Crippen LogP contribution in [0.25, 0.3) is 22.3 Å². The molecule has 4 nitrogen and oxygen atoms in total. The molecule has 0 radical (unpaired) electrons. The lowest BCUT2D eigenvalue weighted by molar-refractivity contribution is -0.256. The van der Waals surface area contributed by atoms with Crippen LogP contribution in [0.3, 0.4) is 0 Å². The van der Waals surface area contributed by atoms with Crippen molar-refractivity contribution in [2.24, 2.45) is 0 Å². The summed E-state index contributed by atoms with van der Waals surface area (Å²) in [5.41, 5.74) is 2.04. The maximum absolute atomic E-state index is 11.9. The first kappa shape index (κ1) is 19.9. The van der Waals surface area contributed by atoms with E-state index < -0.39 is 11.9 Å². The minimum Gasteiger partial charge on any atom is -0.545 e. The lowest BCUT2D eigenvalue weighted by Crippen LogP contribution is -2.26. The number of hydrogen-bond acceptors (Lipinski definition) is 4. The van der Waals surface area contributed by atoms with Crippen molar-refractivity contribution in [2.75, 3.05) is 0 Å². The van der Waals surface area contributed by atoms with Crippen LogP contribution in [-0.2, 0) is 0 Å². The van der Waals surface area contributed by atoms with Crippen molar-refractivity contribution in [3.63, 3.8) is 0 Å². The Morgan fingerprint density at radius 1 is 0.679 bits per heavy atom. The molecular formula is C22H14Cl2O4-2. The van der Waals surface area contributed by atoms with E-state index in [-0.39, 0.29) is 22.3 Å². The minimum absolute atomic E-state index is 0.128. The van der Waals surface area contributed by atoms with Gasteiger partial charge in [-0.15, -0.1) is 0 Å². The highest BCUT2D eigenvalue weighted by Gasteiger charge is 2.22. The highest BCUT2D eigenvalue weighted by molar-refractivity contribution is 6.36. The summed E-state index contributed by atoms with van der Waals surface area (Å²) in [6.45, 7) is 3.54. The van der Waals surface area contributed by atoms with Crippen molar-refractivity contribution in [1.82, 2.24) is 0 Å². The number of benzene rings is 3. The molecule has 0 aliphatic rings. The third-order valence-corrected chi connectivity index (χ3v) is 5.57. The van der Waals surface area contributed by atoms with Crippen LogP contribution >= 0.6 is 23.2 Å². The van der Waals surface area contributed by atoms with Gasteiger partial charge in [0.2, 0.25) is 0 Å². The summed E-state index contributed by atoms with van der Waals surface area (Å²) in [6, 6.07) is 12.6. The van der Waals surface area contributed by atoms with E-state index in [2.05, 4.69) is 0 Å². The second-order valence-electron chi connectivity index (χ2n) is 6.36. The molecule has 3 rings (SSSR count). The molecule has 0 aromatic heterocycles. The maximum atomic E-state index is 11.9. The van der Waals surface area contributed by atoms with E-state index in [9.17, 15) is 19.8 Å². The van der Waals surface area contributed by atoms with Crippen molar-refractivity contribution in [1.29, 1.82) is 0 Å². The summed E-state index contributed by atoms with van der Waals surface area (Å²) in [4.78, 5) is 23.7. The van der Waals surface area contributed by atoms with E-state index in [1.807, 2.05) is 0 Å². The third-order valence-electron chi connectivity index (χ3n) is 4.57. The Kier molecular flexibility index (Phi) is 5.45. The number of carboxylic acid groups (broad SMARTS) is 2. The zero-order chi connectivity index (χ0) is 20.6. The van der Waals surface area contributed by atoms with Gasteiger partial charge in [-0.2, -0.15) is 0 Å². The Hall–Kier alpha value is -2.82. The third kappa shape index (κ3) is 3.37. The van der Waals surface area contributed by atoms with E-state index in [0.29, 0.717) is 32.3 Å². The molecule has 3 aromatic carbocycles. The van der Waals surface area contributed by atoms with Gasteiger partial charge >= 0.3 is 0 Å². The molecule has 0 N–H and O–H groups in total. The summed E-state index contributed by atoms with van der Waals surface area (Å²) in [6.07, 6.45) is 0. The molecule has 0 spiro atoms. The number of carboxylic acids is 2. The first-order chi connectivity index (χ1) is 13.2. The van der Waals surface area contributed by atoms with Gasteiger partial charge in [0.05, 0.1) is 22.0 Å². The molecule has 0 amide bonds. The average molecular weight is 413 g/mol. The first-order valence-corrected chi connectivity index (χ1v) is 9.10. The van der Waals surface area contributed by atoms with Gasteiger partial charge in [0, 0.05) is 33.4 Å². The fraction of sp³-hybridized carbons (Fsp3) is 0.0909. The highest BCUT2D eigenvalue weighted by Crippen LogP contribution is 2.44. The Balaban J connectivity index is 2.57. The van der Waals surface area contributed by atoms with Gasteiger partial charge in [-0.25, -0.2) is 0 Å². The maximum Gasteiger partial charge on any atom is 0.0721 e. The van der Waals surface area contributed by atoms with E-state index in [0.717, 1.165) is 0 Å². The molecular weight excluding hydrogens is 399 g/mol. The summed E-state index contributed by atoms with van der Waals surface area (Å²) in [5, 5.41) is 24.3. The van der Waals surface area contributed by atoms with Crippen LogP contribution in [0.15, 0.2) is 48.5 Å². The number of aryl methyl sites for hydroxylation is 2.